The molecule has 1 amide bonds. The van der Waals surface area contributed by atoms with E-state index in [4.69, 9.17) is 4.74 Å². The summed E-state index contributed by atoms with van der Waals surface area (Å²) in [5.74, 6) is 0.940. The Kier molecular flexibility index (Phi) is 5.15. The molecule has 2 aromatic rings. The fraction of sp³-hybridized carbons (Fsp3) is 0.444. The molecule has 1 saturated heterocycles. The summed E-state index contributed by atoms with van der Waals surface area (Å²) in [5.41, 5.74) is 2.50. The number of methoxy groups -OCH3 is 1. The number of likely N-dealkylation sites (tertiary alicyclic amines) is 1. The molecule has 1 fully saturated rings. The van der Waals surface area contributed by atoms with Crippen LogP contribution in [0.2, 0.25) is 0 Å². The van der Waals surface area contributed by atoms with Gasteiger partial charge in [-0.2, -0.15) is 0 Å². The van der Waals surface area contributed by atoms with Crippen LogP contribution in [0.1, 0.15) is 46.3 Å². The number of nitrogens with zero attached hydrogens (tertiary/aromatic N) is 4. The van der Waals surface area contributed by atoms with Gasteiger partial charge in [0, 0.05) is 44.1 Å². The summed E-state index contributed by atoms with van der Waals surface area (Å²) in [5, 5.41) is 0. The Bertz CT molecular complexity index is 705. The molecule has 3 heterocycles. The van der Waals surface area contributed by atoms with Gasteiger partial charge in [0.15, 0.2) is 0 Å². The number of pyridine rings is 1. The second-order valence-corrected chi connectivity index (χ2v) is 6.07. The molecule has 126 valence electrons. The van der Waals surface area contributed by atoms with Gasteiger partial charge in [0.1, 0.15) is 11.5 Å². The third-order valence-corrected chi connectivity index (χ3v) is 4.30. The molecule has 1 aliphatic heterocycles. The van der Waals surface area contributed by atoms with Gasteiger partial charge in [-0.15, -0.1) is 0 Å². The third-order valence-electron chi connectivity index (χ3n) is 4.30. The van der Waals surface area contributed by atoms with Crippen LogP contribution < -0.4 is 0 Å². The molecule has 0 aliphatic carbocycles. The lowest BCUT2D eigenvalue weighted by Crippen LogP contribution is -2.40. The van der Waals surface area contributed by atoms with Crippen molar-refractivity contribution in [2.45, 2.75) is 32.3 Å². The van der Waals surface area contributed by atoms with Crippen LogP contribution in [0.25, 0.3) is 0 Å². The quantitative estimate of drug-likeness (QED) is 0.862. The van der Waals surface area contributed by atoms with E-state index in [0.29, 0.717) is 18.8 Å². The first-order valence-corrected chi connectivity index (χ1v) is 8.20. The van der Waals surface area contributed by atoms with Crippen molar-refractivity contribution in [2.75, 3.05) is 20.2 Å². The number of ether oxygens (including phenoxy) is 1. The normalized spacial score (nSPS) is 17.8. The standard InChI is InChI=1S/C18H22N4O2/c1-13-20-10-15(12-24-2)17(21-13)14-6-5-9-22(11-14)18(23)16-7-3-4-8-19-16/h3-4,7-8,10,14H,5-6,9,11-12H2,1-2H3. The van der Waals surface area contributed by atoms with Crippen molar-refractivity contribution < 1.29 is 9.53 Å². The number of hydrogen-bond acceptors (Lipinski definition) is 5. The van der Waals surface area contributed by atoms with Crippen molar-refractivity contribution in [3.05, 3.63) is 53.4 Å². The number of piperidine rings is 1. The zero-order valence-corrected chi connectivity index (χ0v) is 14.1. The van der Waals surface area contributed by atoms with Crippen LogP contribution in [0.5, 0.6) is 0 Å². The van der Waals surface area contributed by atoms with E-state index < -0.39 is 0 Å². The average Bonchev–Trinajstić information content (AvgIpc) is 2.63. The number of aryl methyl sites for hydroxylation is 1. The first kappa shape index (κ1) is 16.5. The molecule has 24 heavy (non-hydrogen) atoms. The lowest BCUT2D eigenvalue weighted by Gasteiger charge is -2.33. The van der Waals surface area contributed by atoms with Gasteiger partial charge in [-0.1, -0.05) is 6.07 Å². The highest BCUT2D eigenvalue weighted by Gasteiger charge is 2.28. The number of carbonyl (C=O) groups is 1. The Balaban J connectivity index is 1.81. The predicted molar refractivity (Wildman–Crippen MR) is 89.6 cm³/mol. The predicted octanol–water partition coefficient (Wildman–Crippen LogP) is 2.35. The van der Waals surface area contributed by atoms with Crippen molar-refractivity contribution in [3.8, 4) is 0 Å². The van der Waals surface area contributed by atoms with E-state index in [9.17, 15) is 4.79 Å². The second-order valence-electron chi connectivity index (χ2n) is 6.07. The fourth-order valence-corrected chi connectivity index (χ4v) is 3.17. The van der Waals surface area contributed by atoms with Crippen LogP contribution >= 0.6 is 0 Å². The molecule has 1 unspecified atom stereocenters. The summed E-state index contributed by atoms with van der Waals surface area (Å²) in [6.45, 7) is 3.79. The van der Waals surface area contributed by atoms with Crippen molar-refractivity contribution in [3.63, 3.8) is 0 Å². The van der Waals surface area contributed by atoms with E-state index in [1.54, 1.807) is 19.4 Å². The van der Waals surface area contributed by atoms with E-state index in [0.717, 1.165) is 36.5 Å². The highest BCUT2D eigenvalue weighted by atomic mass is 16.5. The Morgan fingerprint density at radius 2 is 2.25 bits per heavy atom. The molecule has 0 bridgehead atoms. The minimum atomic E-state index is -0.0145. The van der Waals surface area contributed by atoms with Gasteiger partial charge in [-0.3, -0.25) is 9.78 Å². The van der Waals surface area contributed by atoms with Gasteiger partial charge < -0.3 is 9.64 Å². The molecule has 0 spiro atoms. The average molecular weight is 326 g/mol. The molecule has 0 N–H and O–H groups in total. The number of rotatable bonds is 4. The SMILES string of the molecule is COCc1cnc(C)nc1C1CCCN(C(=O)c2ccccn2)C1. The van der Waals surface area contributed by atoms with Crippen LogP contribution in [0.15, 0.2) is 30.6 Å². The van der Waals surface area contributed by atoms with Gasteiger partial charge in [0.2, 0.25) is 0 Å². The zero-order chi connectivity index (χ0) is 16.9. The van der Waals surface area contributed by atoms with E-state index in [-0.39, 0.29) is 11.8 Å². The molecule has 0 saturated carbocycles. The molecule has 1 aliphatic rings. The minimum absolute atomic E-state index is 0.0145. The lowest BCUT2D eigenvalue weighted by molar-refractivity contribution is 0.0698. The van der Waals surface area contributed by atoms with Crippen LogP contribution in [0, 0.1) is 6.92 Å². The second kappa shape index (κ2) is 7.49. The Labute approximate surface area is 141 Å². The monoisotopic (exact) mass is 326 g/mol. The van der Waals surface area contributed by atoms with E-state index >= 15 is 0 Å². The Morgan fingerprint density at radius 3 is 3.00 bits per heavy atom. The van der Waals surface area contributed by atoms with Crippen molar-refractivity contribution in [1.29, 1.82) is 0 Å². The molecule has 2 aromatic heterocycles. The molecule has 3 rings (SSSR count). The van der Waals surface area contributed by atoms with Crippen LogP contribution in [0.3, 0.4) is 0 Å². The summed E-state index contributed by atoms with van der Waals surface area (Å²) in [6, 6.07) is 5.42. The molecule has 0 radical (unpaired) electrons. The summed E-state index contributed by atoms with van der Waals surface area (Å²) < 4.78 is 5.27. The number of carbonyl (C=O) groups excluding carboxylic acids is 1. The zero-order valence-electron chi connectivity index (χ0n) is 14.1. The maximum Gasteiger partial charge on any atom is 0.272 e. The lowest BCUT2D eigenvalue weighted by atomic mass is 9.92. The van der Waals surface area contributed by atoms with Gasteiger partial charge in [0.25, 0.3) is 5.91 Å². The van der Waals surface area contributed by atoms with E-state index in [1.165, 1.54) is 0 Å². The highest BCUT2D eigenvalue weighted by Crippen LogP contribution is 2.28. The maximum atomic E-state index is 12.7. The number of hydrogen-bond donors (Lipinski definition) is 0. The highest BCUT2D eigenvalue weighted by molar-refractivity contribution is 5.92. The summed E-state index contributed by atoms with van der Waals surface area (Å²) >= 11 is 0. The molecular weight excluding hydrogens is 304 g/mol. The maximum absolute atomic E-state index is 12.7. The Hall–Kier alpha value is -2.34. The molecule has 6 heteroatoms. The first-order chi connectivity index (χ1) is 11.7. The summed E-state index contributed by atoms with van der Waals surface area (Å²) in [4.78, 5) is 27.6. The van der Waals surface area contributed by atoms with Gasteiger partial charge in [-0.25, -0.2) is 9.97 Å². The molecule has 6 nitrogen and oxygen atoms in total. The third kappa shape index (κ3) is 3.59. The van der Waals surface area contributed by atoms with Crippen LogP contribution in [0.4, 0.5) is 0 Å². The first-order valence-electron chi connectivity index (χ1n) is 8.20. The van der Waals surface area contributed by atoms with Gasteiger partial charge in [-0.05, 0) is 31.9 Å². The summed E-state index contributed by atoms with van der Waals surface area (Å²) in [7, 11) is 1.67. The molecule has 0 aromatic carbocycles. The summed E-state index contributed by atoms with van der Waals surface area (Å²) in [6.07, 6.45) is 5.46. The topological polar surface area (TPSA) is 68.2 Å². The largest absolute Gasteiger partial charge is 0.380 e. The van der Waals surface area contributed by atoms with Crippen LogP contribution in [-0.4, -0.2) is 46.0 Å². The number of amides is 1. The van der Waals surface area contributed by atoms with Crippen molar-refractivity contribution in [1.82, 2.24) is 19.9 Å². The van der Waals surface area contributed by atoms with E-state index in [2.05, 4.69) is 15.0 Å². The number of aromatic nitrogens is 3. The van der Waals surface area contributed by atoms with Gasteiger partial charge in [0.05, 0.1) is 12.3 Å². The van der Waals surface area contributed by atoms with Crippen molar-refractivity contribution >= 4 is 5.91 Å². The van der Waals surface area contributed by atoms with Gasteiger partial charge >= 0.3 is 0 Å². The van der Waals surface area contributed by atoms with Crippen molar-refractivity contribution in [2.24, 2.45) is 0 Å². The molecule has 1 atom stereocenters. The smallest absolute Gasteiger partial charge is 0.272 e. The Morgan fingerprint density at radius 1 is 1.38 bits per heavy atom. The molecular formula is C18H22N4O2. The fourth-order valence-electron chi connectivity index (χ4n) is 3.17. The van der Waals surface area contributed by atoms with Crippen LogP contribution in [-0.2, 0) is 11.3 Å². The minimum Gasteiger partial charge on any atom is -0.380 e. The van der Waals surface area contributed by atoms with E-state index in [1.807, 2.05) is 30.2 Å².